The summed E-state index contributed by atoms with van der Waals surface area (Å²) in [7, 11) is 0. The van der Waals surface area contributed by atoms with Gasteiger partial charge in [0.15, 0.2) is 0 Å². The molecule has 4 unspecified atom stereocenters. The summed E-state index contributed by atoms with van der Waals surface area (Å²) < 4.78 is 0. The van der Waals surface area contributed by atoms with Crippen LogP contribution in [0.1, 0.15) is 47.5 Å². The Bertz CT molecular complexity index is 279. The maximum absolute atomic E-state index is 5.76. The third-order valence-electron chi connectivity index (χ3n) is 4.45. The molecule has 0 spiro atoms. The van der Waals surface area contributed by atoms with E-state index in [1.165, 1.54) is 12.8 Å². The lowest BCUT2D eigenvalue weighted by atomic mass is 9.91. The van der Waals surface area contributed by atoms with Crippen molar-refractivity contribution in [2.75, 3.05) is 13.1 Å². The van der Waals surface area contributed by atoms with E-state index in [4.69, 9.17) is 6.42 Å². The molecule has 2 nitrogen and oxygen atoms in total. The molecule has 1 aliphatic rings. The maximum Gasteiger partial charge on any atom is 0.0738 e. The average molecular weight is 250 g/mol. The zero-order valence-corrected chi connectivity index (χ0v) is 12.7. The maximum atomic E-state index is 5.76. The zero-order valence-electron chi connectivity index (χ0n) is 12.7. The minimum Gasteiger partial charge on any atom is -0.311 e. The smallest absolute Gasteiger partial charge is 0.0738 e. The second-order valence-electron chi connectivity index (χ2n) is 6.01. The highest BCUT2D eigenvalue weighted by Crippen LogP contribution is 2.22. The second kappa shape index (κ2) is 7.16. The Morgan fingerprint density at radius 2 is 2.00 bits per heavy atom. The van der Waals surface area contributed by atoms with Gasteiger partial charge in [-0.05, 0) is 18.3 Å². The van der Waals surface area contributed by atoms with E-state index < -0.39 is 0 Å². The van der Waals surface area contributed by atoms with E-state index >= 15 is 0 Å². The minimum absolute atomic E-state index is 0.281. The van der Waals surface area contributed by atoms with Crippen LogP contribution in [0.15, 0.2) is 0 Å². The Labute approximate surface area is 114 Å². The highest BCUT2D eigenvalue weighted by Gasteiger charge is 2.33. The van der Waals surface area contributed by atoms with Crippen LogP contribution in [-0.4, -0.2) is 36.1 Å². The highest BCUT2D eigenvalue weighted by atomic mass is 15.3. The third-order valence-corrected chi connectivity index (χ3v) is 4.45. The first-order chi connectivity index (χ1) is 8.54. The van der Waals surface area contributed by atoms with Crippen LogP contribution >= 0.6 is 0 Å². The Hall–Kier alpha value is -0.520. The highest BCUT2D eigenvalue weighted by molar-refractivity contribution is 5.05. The fourth-order valence-corrected chi connectivity index (χ4v) is 2.90. The first kappa shape index (κ1) is 15.5. The van der Waals surface area contributed by atoms with Gasteiger partial charge in [-0.3, -0.25) is 4.90 Å². The van der Waals surface area contributed by atoms with Crippen LogP contribution in [0.25, 0.3) is 0 Å². The van der Waals surface area contributed by atoms with Crippen LogP contribution in [0, 0.1) is 24.2 Å². The number of nitrogens with zero attached hydrogens (tertiary/aromatic N) is 1. The van der Waals surface area contributed by atoms with Gasteiger partial charge in [0.2, 0.25) is 0 Å². The molecule has 1 saturated heterocycles. The fraction of sp³-hybridized carbons (Fsp3) is 0.875. The molecule has 1 heterocycles. The van der Waals surface area contributed by atoms with Gasteiger partial charge < -0.3 is 5.32 Å². The quantitative estimate of drug-likeness (QED) is 0.755. The summed E-state index contributed by atoms with van der Waals surface area (Å²) in [5.41, 5.74) is 0. The first-order valence-electron chi connectivity index (χ1n) is 7.50. The van der Waals surface area contributed by atoms with Crippen LogP contribution in [0.2, 0.25) is 0 Å². The van der Waals surface area contributed by atoms with Crippen molar-refractivity contribution in [3.05, 3.63) is 0 Å². The predicted octanol–water partition coefficient (Wildman–Crippen LogP) is 2.74. The van der Waals surface area contributed by atoms with Crippen LogP contribution in [0.3, 0.4) is 0 Å². The van der Waals surface area contributed by atoms with Crippen molar-refractivity contribution < 1.29 is 0 Å². The molecule has 0 aromatic rings. The molecule has 4 atom stereocenters. The van der Waals surface area contributed by atoms with Crippen LogP contribution in [0.4, 0.5) is 0 Å². The van der Waals surface area contributed by atoms with E-state index in [2.05, 4.69) is 50.8 Å². The summed E-state index contributed by atoms with van der Waals surface area (Å²) >= 11 is 0. The van der Waals surface area contributed by atoms with E-state index in [1.807, 2.05) is 0 Å². The van der Waals surface area contributed by atoms with Gasteiger partial charge in [-0.25, -0.2) is 0 Å². The summed E-state index contributed by atoms with van der Waals surface area (Å²) in [6.45, 7) is 13.5. The van der Waals surface area contributed by atoms with E-state index in [0.29, 0.717) is 18.0 Å². The standard InChI is InChI=1S/C16H30N2/c1-7-13(6)15-11-18(14(8-2)10-17-15)16(9-3)12(4)5/h3,12-17H,7-8,10-11H2,1-2,4-6H3. The van der Waals surface area contributed by atoms with Gasteiger partial charge in [0.1, 0.15) is 0 Å². The molecule has 18 heavy (non-hydrogen) atoms. The lowest BCUT2D eigenvalue weighted by molar-refractivity contribution is 0.0682. The summed E-state index contributed by atoms with van der Waals surface area (Å²) in [6.07, 6.45) is 8.16. The van der Waals surface area contributed by atoms with Gasteiger partial charge >= 0.3 is 0 Å². The van der Waals surface area contributed by atoms with Gasteiger partial charge in [0, 0.05) is 25.2 Å². The van der Waals surface area contributed by atoms with Crippen molar-refractivity contribution >= 4 is 0 Å². The van der Waals surface area contributed by atoms with Crippen molar-refractivity contribution in [2.24, 2.45) is 11.8 Å². The molecule has 0 aliphatic carbocycles. The molecule has 0 amide bonds. The number of rotatable bonds is 5. The van der Waals surface area contributed by atoms with Crippen molar-refractivity contribution in [1.29, 1.82) is 0 Å². The largest absolute Gasteiger partial charge is 0.311 e. The molecule has 1 fully saturated rings. The van der Waals surface area contributed by atoms with Gasteiger partial charge in [-0.15, -0.1) is 6.42 Å². The van der Waals surface area contributed by atoms with Gasteiger partial charge in [-0.1, -0.05) is 47.0 Å². The van der Waals surface area contributed by atoms with E-state index in [0.717, 1.165) is 19.0 Å². The Balaban J connectivity index is 2.79. The SMILES string of the molecule is C#CC(C(C)C)N1CC(C(C)CC)NCC1CC. The van der Waals surface area contributed by atoms with Gasteiger partial charge in [0.05, 0.1) is 6.04 Å². The topological polar surface area (TPSA) is 15.3 Å². The number of nitrogens with one attached hydrogen (secondary N) is 1. The fourth-order valence-electron chi connectivity index (χ4n) is 2.90. The second-order valence-corrected chi connectivity index (χ2v) is 6.01. The molecule has 0 bridgehead atoms. The molecule has 0 saturated carbocycles. The number of hydrogen-bond acceptors (Lipinski definition) is 2. The van der Waals surface area contributed by atoms with E-state index in [-0.39, 0.29) is 6.04 Å². The van der Waals surface area contributed by atoms with Crippen LogP contribution in [0.5, 0.6) is 0 Å². The van der Waals surface area contributed by atoms with Crippen molar-refractivity contribution in [1.82, 2.24) is 10.2 Å². The molecule has 0 aromatic heterocycles. The minimum atomic E-state index is 0.281. The van der Waals surface area contributed by atoms with Crippen LogP contribution in [-0.2, 0) is 0 Å². The molecule has 0 radical (unpaired) electrons. The number of terminal acetylenes is 1. The summed E-state index contributed by atoms with van der Waals surface area (Å²) in [5, 5.41) is 3.71. The Morgan fingerprint density at radius 1 is 1.33 bits per heavy atom. The molecule has 0 aromatic carbocycles. The monoisotopic (exact) mass is 250 g/mol. The van der Waals surface area contributed by atoms with Crippen LogP contribution < -0.4 is 5.32 Å². The third kappa shape index (κ3) is 3.49. The Kier molecular flexibility index (Phi) is 6.18. The van der Waals surface area contributed by atoms with E-state index in [1.54, 1.807) is 0 Å². The molecular formula is C16H30N2. The lowest BCUT2D eigenvalue weighted by Crippen LogP contribution is -2.61. The summed E-state index contributed by atoms with van der Waals surface area (Å²) in [6, 6.07) is 1.46. The van der Waals surface area contributed by atoms with Gasteiger partial charge in [0.25, 0.3) is 0 Å². The number of hydrogen-bond donors (Lipinski definition) is 1. The first-order valence-corrected chi connectivity index (χ1v) is 7.50. The molecule has 1 rings (SSSR count). The predicted molar refractivity (Wildman–Crippen MR) is 79.5 cm³/mol. The summed E-state index contributed by atoms with van der Waals surface area (Å²) in [5.74, 6) is 4.26. The molecule has 1 aliphatic heterocycles. The zero-order chi connectivity index (χ0) is 13.7. The average Bonchev–Trinajstić information content (AvgIpc) is 2.38. The normalized spacial score (nSPS) is 28.9. The molecule has 1 N–H and O–H groups in total. The molecule has 104 valence electrons. The number of piperazine rings is 1. The van der Waals surface area contributed by atoms with Crippen molar-refractivity contribution in [2.45, 2.75) is 65.6 Å². The summed E-state index contributed by atoms with van der Waals surface area (Å²) in [4.78, 5) is 2.57. The van der Waals surface area contributed by atoms with Gasteiger partial charge in [-0.2, -0.15) is 0 Å². The van der Waals surface area contributed by atoms with Crippen molar-refractivity contribution in [3.8, 4) is 12.3 Å². The van der Waals surface area contributed by atoms with Crippen molar-refractivity contribution in [3.63, 3.8) is 0 Å². The molecule has 2 heteroatoms. The lowest BCUT2D eigenvalue weighted by Gasteiger charge is -2.45. The molecular weight excluding hydrogens is 220 g/mol. The van der Waals surface area contributed by atoms with E-state index in [9.17, 15) is 0 Å². The Morgan fingerprint density at radius 3 is 2.44 bits per heavy atom.